The third kappa shape index (κ3) is 8.97. The van der Waals surface area contributed by atoms with E-state index >= 15 is 0 Å². The number of nitrogens with zero attached hydrogens (tertiary/aromatic N) is 2. The summed E-state index contributed by atoms with van der Waals surface area (Å²) in [6.07, 6.45) is 5.01. The second-order valence-electron chi connectivity index (χ2n) is 12.1. The van der Waals surface area contributed by atoms with Gasteiger partial charge in [-0.05, 0) is 60.4 Å². The lowest BCUT2D eigenvalue weighted by Gasteiger charge is -2.35. The van der Waals surface area contributed by atoms with Crippen molar-refractivity contribution in [1.82, 2.24) is 10.2 Å². The standard InChI is InChI=1S/C38H42FN3O6S/c1-47-35-23-22-33(25-36(35)48-2)49(45,46)42(32-16-10-5-11-17-32)27-37(43)41(26-29-18-20-30(39)21-19-29)34(24-28-12-6-3-7-13-28)38(44)40-31-14-8-4-9-15-31/h3,5-7,10-13,16-23,25,31,34H,4,8-9,14-15,24,26-27H2,1-2H3,(H,40,44)/t34-/m1/s1. The number of hydrogen-bond acceptors (Lipinski definition) is 6. The number of ether oxygens (including phenoxy) is 2. The number of rotatable bonds is 14. The molecule has 258 valence electrons. The van der Waals surface area contributed by atoms with Gasteiger partial charge in [0.1, 0.15) is 18.4 Å². The molecule has 5 rings (SSSR count). The molecule has 1 fully saturated rings. The fourth-order valence-electron chi connectivity index (χ4n) is 6.11. The van der Waals surface area contributed by atoms with E-state index in [1.165, 1.54) is 49.5 Å². The maximum absolute atomic E-state index is 14.6. The van der Waals surface area contributed by atoms with Crippen LogP contribution in [0.25, 0.3) is 0 Å². The molecule has 0 aromatic heterocycles. The zero-order chi connectivity index (χ0) is 34.8. The molecule has 1 saturated carbocycles. The van der Waals surface area contributed by atoms with Gasteiger partial charge in [0.05, 0.1) is 24.8 Å². The monoisotopic (exact) mass is 687 g/mol. The topological polar surface area (TPSA) is 105 Å². The zero-order valence-corrected chi connectivity index (χ0v) is 28.6. The molecule has 1 aliphatic carbocycles. The Morgan fingerprint density at radius 1 is 0.816 bits per heavy atom. The molecule has 1 atom stereocenters. The summed E-state index contributed by atoms with van der Waals surface area (Å²) in [5.41, 5.74) is 1.69. The summed E-state index contributed by atoms with van der Waals surface area (Å²) in [6, 6.07) is 26.6. The van der Waals surface area contributed by atoms with Gasteiger partial charge < -0.3 is 19.7 Å². The lowest BCUT2D eigenvalue weighted by Crippen LogP contribution is -2.55. The summed E-state index contributed by atoms with van der Waals surface area (Å²) < 4.78 is 54.4. The van der Waals surface area contributed by atoms with Gasteiger partial charge >= 0.3 is 0 Å². The molecule has 1 N–H and O–H groups in total. The molecule has 1 aliphatic rings. The van der Waals surface area contributed by atoms with Crippen LogP contribution >= 0.6 is 0 Å². The highest BCUT2D eigenvalue weighted by Crippen LogP contribution is 2.32. The summed E-state index contributed by atoms with van der Waals surface area (Å²) in [6.45, 7) is -0.655. The van der Waals surface area contributed by atoms with E-state index in [1.807, 2.05) is 30.3 Å². The average molecular weight is 688 g/mol. The van der Waals surface area contributed by atoms with Gasteiger partial charge in [0, 0.05) is 25.1 Å². The molecule has 0 radical (unpaired) electrons. The van der Waals surface area contributed by atoms with E-state index in [0.717, 1.165) is 42.0 Å². The molecular formula is C38H42FN3O6S. The molecule has 0 spiro atoms. The van der Waals surface area contributed by atoms with Gasteiger partial charge in [-0.25, -0.2) is 12.8 Å². The molecule has 49 heavy (non-hydrogen) atoms. The molecule has 2 amide bonds. The number of para-hydroxylation sites is 1. The van der Waals surface area contributed by atoms with Crippen LogP contribution in [0, 0.1) is 5.82 Å². The molecule has 0 bridgehead atoms. The first-order valence-corrected chi connectivity index (χ1v) is 17.8. The van der Waals surface area contributed by atoms with Gasteiger partial charge in [0.15, 0.2) is 11.5 Å². The van der Waals surface area contributed by atoms with Crippen molar-refractivity contribution < 1.29 is 31.9 Å². The van der Waals surface area contributed by atoms with Gasteiger partial charge in [-0.15, -0.1) is 0 Å². The number of methoxy groups -OCH3 is 2. The van der Waals surface area contributed by atoms with E-state index in [2.05, 4.69) is 5.32 Å². The minimum Gasteiger partial charge on any atom is -0.493 e. The minimum atomic E-state index is -4.35. The molecule has 0 aliphatic heterocycles. The van der Waals surface area contributed by atoms with Crippen LogP contribution in [0.3, 0.4) is 0 Å². The number of halogens is 1. The third-order valence-electron chi connectivity index (χ3n) is 8.75. The predicted octanol–water partition coefficient (Wildman–Crippen LogP) is 6.13. The van der Waals surface area contributed by atoms with Crippen LogP contribution in [-0.4, -0.2) is 58.0 Å². The highest BCUT2D eigenvalue weighted by Gasteiger charge is 2.35. The summed E-state index contributed by atoms with van der Waals surface area (Å²) in [4.78, 5) is 30.1. The van der Waals surface area contributed by atoms with Crippen molar-refractivity contribution in [3.63, 3.8) is 0 Å². The molecular weight excluding hydrogens is 645 g/mol. The first-order chi connectivity index (χ1) is 23.7. The Hall–Kier alpha value is -4.90. The largest absolute Gasteiger partial charge is 0.493 e. The Bertz CT molecular complexity index is 1800. The summed E-state index contributed by atoms with van der Waals surface area (Å²) in [5.74, 6) is -0.795. The molecule has 0 unspecified atom stereocenters. The van der Waals surface area contributed by atoms with Gasteiger partial charge in [-0.3, -0.25) is 13.9 Å². The highest BCUT2D eigenvalue weighted by molar-refractivity contribution is 7.92. The lowest BCUT2D eigenvalue weighted by atomic mass is 9.94. The van der Waals surface area contributed by atoms with Crippen LogP contribution in [0.2, 0.25) is 0 Å². The predicted molar refractivity (Wildman–Crippen MR) is 186 cm³/mol. The van der Waals surface area contributed by atoms with Crippen molar-refractivity contribution >= 4 is 27.5 Å². The van der Waals surface area contributed by atoms with E-state index in [-0.39, 0.29) is 41.2 Å². The van der Waals surface area contributed by atoms with E-state index in [9.17, 15) is 22.4 Å². The molecule has 11 heteroatoms. The van der Waals surface area contributed by atoms with E-state index in [0.29, 0.717) is 11.3 Å². The highest BCUT2D eigenvalue weighted by atomic mass is 32.2. The molecule has 4 aromatic carbocycles. The Kier molecular flexibility index (Phi) is 11.9. The second-order valence-corrected chi connectivity index (χ2v) is 13.9. The number of nitrogens with one attached hydrogen (secondary N) is 1. The Labute approximate surface area is 287 Å². The first-order valence-electron chi connectivity index (χ1n) is 16.4. The van der Waals surface area contributed by atoms with E-state index in [4.69, 9.17) is 9.47 Å². The molecule has 9 nitrogen and oxygen atoms in total. The second kappa shape index (κ2) is 16.5. The number of amides is 2. The maximum Gasteiger partial charge on any atom is 0.264 e. The maximum atomic E-state index is 14.6. The Morgan fingerprint density at radius 3 is 2.08 bits per heavy atom. The number of sulfonamides is 1. The van der Waals surface area contributed by atoms with Gasteiger partial charge in [-0.1, -0.05) is 79.9 Å². The van der Waals surface area contributed by atoms with Crippen molar-refractivity contribution in [2.75, 3.05) is 25.1 Å². The van der Waals surface area contributed by atoms with Crippen molar-refractivity contribution in [3.8, 4) is 11.5 Å². The SMILES string of the molecule is COc1ccc(S(=O)(=O)N(CC(=O)N(Cc2ccc(F)cc2)[C@H](Cc2ccccc2)C(=O)NC2CCCCC2)c2ccccc2)cc1OC. The smallest absolute Gasteiger partial charge is 0.264 e. The normalized spacial score (nSPS) is 14.0. The van der Waals surface area contributed by atoms with Crippen molar-refractivity contribution in [2.24, 2.45) is 0 Å². The number of carbonyl (C=O) groups excluding carboxylic acids is 2. The third-order valence-corrected chi connectivity index (χ3v) is 10.5. The molecule has 0 heterocycles. The summed E-state index contributed by atoms with van der Waals surface area (Å²) in [7, 11) is -1.49. The van der Waals surface area contributed by atoms with Gasteiger partial charge in [-0.2, -0.15) is 0 Å². The first kappa shape index (κ1) is 35.4. The lowest BCUT2D eigenvalue weighted by molar-refractivity contribution is -0.140. The number of benzene rings is 4. The quantitative estimate of drug-likeness (QED) is 0.171. The van der Waals surface area contributed by atoms with Crippen LogP contribution in [0.1, 0.15) is 43.2 Å². The molecule has 0 saturated heterocycles. The minimum absolute atomic E-state index is 0.0199. The Morgan fingerprint density at radius 2 is 1.45 bits per heavy atom. The molecule has 4 aromatic rings. The van der Waals surface area contributed by atoms with Crippen molar-refractivity contribution in [2.45, 2.75) is 62.0 Å². The zero-order valence-electron chi connectivity index (χ0n) is 27.8. The van der Waals surface area contributed by atoms with Crippen LogP contribution in [0.15, 0.2) is 108 Å². The number of carbonyl (C=O) groups is 2. The number of hydrogen-bond donors (Lipinski definition) is 1. The van der Waals surface area contributed by atoms with Crippen molar-refractivity contribution in [1.29, 1.82) is 0 Å². The van der Waals surface area contributed by atoms with E-state index < -0.39 is 34.3 Å². The Balaban J connectivity index is 1.56. The summed E-state index contributed by atoms with van der Waals surface area (Å²) in [5, 5.41) is 3.18. The fraction of sp³-hybridized carbons (Fsp3) is 0.316. The number of anilines is 1. The van der Waals surface area contributed by atoms with Gasteiger partial charge in [0.25, 0.3) is 10.0 Å². The fourth-order valence-corrected chi connectivity index (χ4v) is 7.54. The summed E-state index contributed by atoms with van der Waals surface area (Å²) >= 11 is 0. The van der Waals surface area contributed by atoms with Crippen LogP contribution in [0.5, 0.6) is 11.5 Å². The van der Waals surface area contributed by atoms with E-state index in [1.54, 1.807) is 42.5 Å². The van der Waals surface area contributed by atoms with Crippen LogP contribution < -0.4 is 19.1 Å². The van der Waals surface area contributed by atoms with Gasteiger partial charge in [0.2, 0.25) is 11.8 Å². The average Bonchev–Trinajstić information content (AvgIpc) is 3.13. The van der Waals surface area contributed by atoms with Crippen molar-refractivity contribution in [3.05, 3.63) is 120 Å². The van der Waals surface area contributed by atoms with Crippen LogP contribution in [-0.2, 0) is 32.6 Å². The van der Waals surface area contributed by atoms with Crippen LogP contribution in [0.4, 0.5) is 10.1 Å².